The molecule has 2 aliphatic rings. The van der Waals surface area contributed by atoms with Gasteiger partial charge in [0.2, 0.25) is 21.7 Å². The predicted octanol–water partition coefficient (Wildman–Crippen LogP) is 2.54. The van der Waals surface area contributed by atoms with Gasteiger partial charge in [0, 0.05) is 10.6 Å². The topological polar surface area (TPSA) is 80.3 Å². The summed E-state index contributed by atoms with van der Waals surface area (Å²) in [6, 6.07) is 17.2. The highest BCUT2D eigenvalue weighted by atomic mass is 32.3. The number of carbonyl (C=O) groups is 2. The van der Waals surface area contributed by atoms with Crippen molar-refractivity contribution in [2.75, 3.05) is 5.75 Å². The molecule has 0 aliphatic carbocycles. The van der Waals surface area contributed by atoms with Crippen molar-refractivity contribution in [3.8, 4) is 0 Å². The van der Waals surface area contributed by atoms with Crippen LogP contribution < -0.4 is 5.32 Å². The highest BCUT2D eigenvalue weighted by Gasteiger charge is 2.66. The molecule has 2 amide bonds. The van der Waals surface area contributed by atoms with Crippen LogP contribution in [0.2, 0.25) is 0 Å². The molecule has 0 bridgehead atoms. The Balaban J connectivity index is 1.88. The Labute approximate surface area is 159 Å². The van der Waals surface area contributed by atoms with Crippen LogP contribution in [0.15, 0.2) is 70.5 Å². The molecule has 1 N–H and O–H groups in total. The standard InChI is InChI=1S/C18H15NO4S3/c20-16-14-11-24-18(15(14)17(21)19-16,25-12-7-3-1-4-8-12)26(22,23)13-9-5-2-6-10-13/h1-10,14-15H,11H2,(H,19,20,21)/t14-,15+,18+/m0/s1. The summed E-state index contributed by atoms with van der Waals surface area (Å²) in [6.45, 7) is 0. The quantitative estimate of drug-likeness (QED) is 0.788. The zero-order valence-electron chi connectivity index (χ0n) is 13.5. The van der Waals surface area contributed by atoms with E-state index in [1.807, 2.05) is 30.3 Å². The number of hydrogen-bond acceptors (Lipinski definition) is 6. The zero-order valence-corrected chi connectivity index (χ0v) is 15.9. The van der Waals surface area contributed by atoms with Crippen molar-refractivity contribution in [1.82, 2.24) is 5.32 Å². The SMILES string of the molecule is O=C1NC(=O)[C@H]2[C@@H]1CS[C@]2(Sc1ccccc1)S(=O)(=O)c1ccccc1. The summed E-state index contributed by atoms with van der Waals surface area (Å²) in [7, 11) is -3.90. The highest BCUT2D eigenvalue weighted by Crippen LogP contribution is 2.61. The number of nitrogens with one attached hydrogen (secondary N) is 1. The second-order valence-corrected chi connectivity index (χ2v) is 11.6. The van der Waals surface area contributed by atoms with Gasteiger partial charge in [0.05, 0.1) is 16.7 Å². The molecule has 0 unspecified atom stereocenters. The molecule has 0 spiro atoms. The van der Waals surface area contributed by atoms with Gasteiger partial charge in [0.25, 0.3) is 0 Å². The van der Waals surface area contributed by atoms with Gasteiger partial charge in [-0.25, -0.2) is 8.42 Å². The van der Waals surface area contributed by atoms with Crippen LogP contribution in [0.4, 0.5) is 0 Å². The van der Waals surface area contributed by atoms with E-state index in [4.69, 9.17) is 0 Å². The minimum Gasteiger partial charge on any atom is -0.296 e. The fraction of sp³-hybridized carbons (Fsp3) is 0.222. The molecule has 2 heterocycles. The lowest BCUT2D eigenvalue weighted by atomic mass is 9.99. The maximum absolute atomic E-state index is 13.6. The number of carbonyl (C=O) groups excluding carboxylic acids is 2. The second-order valence-electron chi connectivity index (χ2n) is 6.08. The number of thioether (sulfide) groups is 2. The van der Waals surface area contributed by atoms with Crippen LogP contribution >= 0.6 is 23.5 Å². The summed E-state index contributed by atoms with van der Waals surface area (Å²) in [5.41, 5.74) is 0. The Morgan fingerprint density at radius 3 is 2.23 bits per heavy atom. The van der Waals surface area contributed by atoms with Gasteiger partial charge in [0.15, 0.2) is 3.41 Å². The Bertz CT molecular complexity index is 962. The van der Waals surface area contributed by atoms with Gasteiger partial charge in [-0.1, -0.05) is 48.2 Å². The number of rotatable bonds is 4. The van der Waals surface area contributed by atoms with Crippen LogP contribution in [0.3, 0.4) is 0 Å². The molecule has 4 rings (SSSR count). The third-order valence-corrected chi connectivity index (χ3v) is 11.2. The van der Waals surface area contributed by atoms with Crippen molar-refractivity contribution < 1.29 is 18.0 Å². The molecule has 134 valence electrons. The third-order valence-electron chi connectivity index (χ3n) is 4.54. The number of imide groups is 1. The largest absolute Gasteiger partial charge is 0.296 e. The maximum atomic E-state index is 13.6. The average Bonchev–Trinajstić information content (AvgIpc) is 3.17. The summed E-state index contributed by atoms with van der Waals surface area (Å²) >= 11 is 2.32. The van der Waals surface area contributed by atoms with Crippen molar-refractivity contribution in [2.24, 2.45) is 11.8 Å². The van der Waals surface area contributed by atoms with Crippen molar-refractivity contribution in [3.05, 3.63) is 60.7 Å². The summed E-state index contributed by atoms with van der Waals surface area (Å²) in [4.78, 5) is 25.5. The zero-order chi connectivity index (χ0) is 18.4. The Morgan fingerprint density at radius 2 is 1.58 bits per heavy atom. The first kappa shape index (κ1) is 17.6. The van der Waals surface area contributed by atoms with E-state index < -0.39 is 31.0 Å². The van der Waals surface area contributed by atoms with Gasteiger partial charge in [-0.3, -0.25) is 14.9 Å². The number of fused-ring (bicyclic) bond motifs is 1. The molecule has 26 heavy (non-hydrogen) atoms. The van der Waals surface area contributed by atoms with Gasteiger partial charge >= 0.3 is 0 Å². The maximum Gasteiger partial charge on any atom is 0.233 e. The van der Waals surface area contributed by atoms with Gasteiger partial charge in [-0.05, 0) is 24.3 Å². The molecule has 2 saturated heterocycles. The van der Waals surface area contributed by atoms with Crippen LogP contribution in [0.25, 0.3) is 0 Å². The first-order chi connectivity index (χ1) is 12.5. The van der Waals surface area contributed by atoms with E-state index in [0.29, 0.717) is 5.75 Å². The van der Waals surface area contributed by atoms with Crippen LogP contribution in [0.5, 0.6) is 0 Å². The molecule has 2 aliphatic heterocycles. The van der Waals surface area contributed by atoms with Crippen molar-refractivity contribution in [2.45, 2.75) is 13.2 Å². The fourth-order valence-electron chi connectivity index (χ4n) is 3.31. The molecule has 8 heteroatoms. The molecule has 0 aromatic heterocycles. The van der Waals surface area contributed by atoms with E-state index in [1.165, 1.54) is 23.9 Å². The summed E-state index contributed by atoms with van der Waals surface area (Å²) in [6.07, 6.45) is 0. The van der Waals surface area contributed by atoms with Gasteiger partial charge < -0.3 is 0 Å². The smallest absolute Gasteiger partial charge is 0.233 e. The predicted molar refractivity (Wildman–Crippen MR) is 101 cm³/mol. The molecule has 3 atom stereocenters. The van der Waals surface area contributed by atoms with E-state index in [2.05, 4.69) is 5.32 Å². The molecule has 2 aromatic rings. The minimum atomic E-state index is -3.90. The first-order valence-electron chi connectivity index (χ1n) is 7.98. The van der Waals surface area contributed by atoms with E-state index in [-0.39, 0.29) is 10.8 Å². The lowest BCUT2D eigenvalue weighted by molar-refractivity contribution is -0.126. The van der Waals surface area contributed by atoms with E-state index in [9.17, 15) is 18.0 Å². The number of amides is 2. The number of benzene rings is 2. The van der Waals surface area contributed by atoms with Crippen molar-refractivity contribution in [1.29, 1.82) is 0 Å². The van der Waals surface area contributed by atoms with Crippen LogP contribution in [-0.2, 0) is 19.4 Å². The third kappa shape index (κ3) is 2.59. The molecule has 5 nitrogen and oxygen atoms in total. The van der Waals surface area contributed by atoms with Gasteiger partial charge in [-0.2, -0.15) is 0 Å². The van der Waals surface area contributed by atoms with Gasteiger partial charge in [0.1, 0.15) is 0 Å². The number of sulfone groups is 1. The molecular weight excluding hydrogens is 390 g/mol. The minimum absolute atomic E-state index is 0.156. The average molecular weight is 406 g/mol. The summed E-state index contributed by atoms with van der Waals surface area (Å²) in [5, 5.41) is 2.31. The summed E-state index contributed by atoms with van der Waals surface area (Å²) in [5.74, 6) is -2.13. The Morgan fingerprint density at radius 1 is 0.962 bits per heavy atom. The highest BCUT2D eigenvalue weighted by molar-refractivity contribution is 8.31. The van der Waals surface area contributed by atoms with Gasteiger partial charge in [-0.15, -0.1) is 11.8 Å². The number of hydrogen-bond donors (Lipinski definition) is 1. The molecule has 2 fully saturated rings. The lowest BCUT2D eigenvalue weighted by Gasteiger charge is -2.31. The van der Waals surface area contributed by atoms with E-state index >= 15 is 0 Å². The summed E-state index contributed by atoms with van der Waals surface area (Å²) < 4.78 is 25.8. The van der Waals surface area contributed by atoms with Crippen LogP contribution in [-0.4, -0.2) is 29.4 Å². The second kappa shape index (κ2) is 6.44. The van der Waals surface area contributed by atoms with Crippen molar-refractivity contribution in [3.63, 3.8) is 0 Å². The molecule has 0 radical (unpaired) electrons. The Kier molecular flexibility index (Phi) is 4.37. The normalized spacial score (nSPS) is 28.0. The fourth-order valence-corrected chi connectivity index (χ4v) is 9.84. The van der Waals surface area contributed by atoms with Crippen molar-refractivity contribution >= 4 is 45.2 Å². The molecular formula is C18H15NO4S3. The first-order valence-corrected chi connectivity index (χ1v) is 11.3. The monoisotopic (exact) mass is 405 g/mol. The van der Waals surface area contributed by atoms with Crippen LogP contribution in [0, 0.1) is 11.8 Å². The molecule has 2 aromatic carbocycles. The lowest BCUT2D eigenvalue weighted by Crippen LogP contribution is -2.41. The van der Waals surface area contributed by atoms with Crippen LogP contribution in [0.1, 0.15) is 0 Å². The van der Waals surface area contributed by atoms with E-state index in [1.54, 1.807) is 18.2 Å². The molecule has 0 saturated carbocycles. The Hall–Kier alpha value is -1.77. The van der Waals surface area contributed by atoms with E-state index in [0.717, 1.165) is 16.7 Å².